The van der Waals surface area contributed by atoms with Crippen molar-refractivity contribution in [2.24, 2.45) is 17.8 Å². The van der Waals surface area contributed by atoms with Gasteiger partial charge in [0.15, 0.2) is 0 Å². The summed E-state index contributed by atoms with van der Waals surface area (Å²) in [7, 11) is -4.04. The number of nitrogens with zero attached hydrogens (tertiary/aromatic N) is 1. The minimum Gasteiger partial charge on any atom is -0.490 e. The summed E-state index contributed by atoms with van der Waals surface area (Å²) < 4.78 is 42.5. The summed E-state index contributed by atoms with van der Waals surface area (Å²) in [4.78, 5) is 16.0. The van der Waals surface area contributed by atoms with E-state index in [1.165, 1.54) is 11.1 Å². The standard InChI is InChI=1S/C36H45ClN2O6S/c1-23-5-2-8-32(40)29-12-9-26(29)20-39-21-36(15-3-6-24-17-27(37)11-13-30(24)36)22-45-33-14-10-25(18-31(33)39)35(41)38-46(42,43)34(23)19-28-7-4-16-44-28/h2,8,10-11,13-14,17-18,23,26,28-29,32,34,40H,3-7,9,12,15-16,19-22H2,1H3,(H,38,41)/b8-2+/t23-,26-,28+,29+,32-,34+,36-/m0/s1. The number of fused-ring (bicyclic) bond motifs is 4. The van der Waals surface area contributed by atoms with Crippen LogP contribution in [0.4, 0.5) is 5.69 Å². The fourth-order valence-electron chi connectivity index (χ4n) is 8.55. The Bertz CT molecular complexity index is 1610. The third-order valence-electron chi connectivity index (χ3n) is 11.3. The number of nitrogens with one attached hydrogen (secondary N) is 1. The van der Waals surface area contributed by atoms with E-state index in [0.717, 1.165) is 55.7 Å². The van der Waals surface area contributed by atoms with Gasteiger partial charge in [-0.05, 0) is 117 Å². The molecule has 1 saturated carbocycles. The fraction of sp³-hybridized carbons (Fsp3) is 0.583. The number of anilines is 1. The molecule has 7 rings (SSSR count). The van der Waals surface area contributed by atoms with Gasteiger partial charge in [-0.2, -0.15) is 0 Å². The van der Waals surface area contributed by atoms with Gasteiger partial charge in [0.25, 0.3) is 5.91 Å². The molecular weight excluding hydrogens is 624 g/mol. The minimum atomic E-state index is -4.04. The van der Waals surface area contributed by atoms with Gasteiger partial charge in [-0.1, -0.05) is 36.7 Å². The average molecular weight is 669 g/mol. The van der Waals surface area contributed by atoms with E-state index in [1.807, 2.05) is 25.1 Å². The van der Waals surface area contributed by atoms with Crippen LogP contribution in [0.3, 0.4) is 0 Å². The van der Waals surface area contributed by atoms with Crippen LogP contribution >= 0.6 is 11.6 Å². The zero-order valence-electron chi connectivity index (χ0n) is 26.5. The van der Waals surface area contributed by atoms with Gasteiger partial charge in [0, 0.05) is 35.7 Å². The van der Waals surface area contributed by atoms with Crippen molar-refractivity contribution in [2.45, 2.75) is 87.6 Å². The van der Waals surface area contributed by atoms with Crippen LogP contribution in [0.5, 0.6) is 5.75 Å². The third kappa shape index (κ3) is 6.20. The van der Waals surface area contributed by atoms with Gasteiger partial charge in [-0.3, -0.25) is 4.79 Å². The first-order chi connectivity index (χ1) is 22.1. The summed E-state index contributed by atoms with van der Waals surface area (Å²) in [6, 6.07) is 11.4. The number of benzene rings is 2. The largest absolute Gasteiger partial charge is 0.490 e. The first-order valence-electron chi connectivity index (χ1n) is 16.9. The molecule has 0 aromatic heterocycles. The molecular formula is C36H45ClN2O6S. The molecule has 0 radical (unpaired) electrons. The van der Waals surface area contributed by atoms with Crippen molar-refractivity contribution < 1.29 is 27.8 Å². The van der Waals surface area contributed by atoms with E-state index < -0.39 is 27.3 Å². The number of hydrogen-bond acceptors (Lipinski definition) is 7. The summed E-state index contributed by atoms with van der Waals surface area (Å²) >= 11 is 6.41. The lowest BCUT2D eigenvalue weighted by Crippen LogP contribution is -2.49. The number of carbonyl (C=O) groups is 1. The highest BCUT2D eigenvalue weighted by molar-refractivity contribution is 7.90. The predicted octanol–water partition coefficient (Wildman–Crippen LogP) is 5.79. The molecule has 1 spiro atoms. The molecule has 5 aliphatic rings. The zero-order valence-corrected chi connectivity index (χ0v) is 28.1. The molecule has 46 heavy (non-hydrogen) atoms. The van der Waals surface area contributed by atoms with Crippen LogP contribution < -0.4 is 14.4 Å². The Balaban J connectivity index is 1.27. The average Bonchev–Trinajstić information content (AvgIpc) is 3.47. The first kappa shape index (κ1) is 32.0. The minimum absolute atomic E-state index is 0.110. The van der Waals surface area contributed by atoms with E-state index in [1.54, 1.807) is 18.2 Å². The first-order valence-corrected chi connectivity index (χ1v) is 18.9. The van der Waals surface area contributed by atoms with Gasteiger partial charge in [0.2, 0.25) is 10.0 Å². The van der Waals surface area contributed by atoms with E-state index >= 15 is 0 Å². The van der Waals surface area contributed by atoms with Crippen molar-refractivity contribution in [3.63, 3.8) is 0 Å². The van der Waals surface area contributed by atoms with Crippen molar-refractivity contribution in [1.82, 2.24) is 4.72 Å². The highest BCUT2D eigenvalue weighted by Gasteiger charge is 2.44. The van der Waals surface area contributed by atoms with E-state index in [9.17, 15) is 18.3 Å². The molecule has 1 amide bonds. The summed E-state index contributed by atoms with van der Waals surface area (Å²) in [5, 5.41) is 11.2. The molecule has 1 saturated heterocycles. The van der Waals surface area contributed by atoms with Crippen molar-refractivity contribution in [3.05, 3.63) is 70.3 Å². The predicted molar refractivity (Wildman–Crippen MR) is 179 cm³/mol. The molecule has 3 heterocycles. The third-order valence-corrected chi connectivity index (χ3v) is 13.5. The number of amides is 1. The second kappa shape index (κ2) is 12.8. The van der Waals surface area contributed by atoms with E-state index in [-0.39, 0.29) is 34.8 Å². The maximum absolute atomic E-state index is 13.9. The zero-order chi connectivity index (χ0) is 32.1. The van der Waals surface area contributed by atoms with Gasteiger partial charge in [-0.15, -0.1) is 0 Å². The Morgan fingerprint density at radius 3 is 2.78 bits per heavy atom. The molecule has 248 valence electrons. The van der Waals surface area contributed by atoms with Crippen LogP contribution in [-0.4, -0.2) is 63.2 Å². The summed E-state index contributed by atoms with van der Waals surface area (Å²) in [5.74, 6) is 0.149. The highest BCUT2D eigenvalue weighted by atomic mass is 35.5. The van der Waals surface area contributed by atoms with Crippen LogP contribution in [0.25, 0.3) is 0 Å². The molecule has 2 bridgehead atoms. The van der Waals surface area contributed by atoms with Crippen molar-refractivity contribution >= 4 is 33.2 Å². The number of allylic oxidation sites excluding steroid dienone is 1. The molecule has 8 nitrogen and oxygen atoms in total. The monoisotopic (exact) mass is 668 g/mol. The number of hydrogen-bond donors (Lipinski definition) is 2. The van der Waals surface area contributed by atoms with Crippen LogP contribution in [0.15, 0.2) is 48.6 Å². The van der Waals surface area contributed by atoms with Gasteiger partial charge < -0.3 is 19.5 Å². The molecule has 2 aliphatic carbocycles. The molecule has 2 aromatic rings. The Morgan fingerprint density at radius 1 is 1.13 bits per heavy atom. The Hall–Kier alpha value is -2.59. The summed E-state index contributed by atoms with van der Waals surface area (Å²) in [6.07, 6.45) is 10.4. The number of sulfonamides is 1. The van der Waals surface area contributed by atoms with Crippen molar-refractivity contribution in [3.8, 4) is 5.75 Å². The number of halogens is 1. The van der Waals surface area contributed by atoms with Crippen molar-refractivity contribution in [2.75, 3.05) is 31.2 Å². The second-order valence-corrected chi connectivity index (χ2v) is 16.6. The van der Waals surface area contributed by atoms with Crippen LogP contribution in [0.2, 0.25) is 5.02 Å². The molecule has 10 heteroatoms. The normalized spacial score (nSPS) is 34.8. The fourth-order valence-corrected chi connectivity index (χ4v) is 10.5. The van der Waals surface area contributed by atoms with E-state index in [0.29, 0.717) is 44.9 Å². The Morgan fingerprint density at radius 2 is 2.00 bits per heavy atom. The smallest absolute Gasteiger partial charge is 0.264 e. The lowest BCUT2D eigenvalue weighted by molar-refractivity contribution is 0.0455. The number of aliphatic hydroxyl groups excluding tert-OH is 1. The van der Waals surface area contributed by atoms with Gasteiger partial charge in [-0.25, -0.2) is 13.1 Å². The SMILES string of the molecule is C[C@H]1C/C=C/[C@H](O)[C@@H]2CC[C@H]2CN2C[C@@]3(CCCc4cc(Cl)ccc43)COc3ccc(cc32)C(=O)NS(=O)(=O)[C@@H]1C[C@H]1CCCO1. The Labute approximate surface area is 277 Å². The second-order valence-electron chi connectivity index (χ2n) is 14.3. The highest BCUT2D eigenvalue weighted by Crippen LogP contribution is 2.47. The van der Waals surface area contributed by atoms with Gasteiger partial charge >= 0.3 is 0 Å². The number of carbonyl (C=O) groups excluding carboxylic acids is 1. The molecule has 7 atom stereocenters. The van der Waals surface area contributed by atoms with Crippen molar-refractivity contribution in [1.29, 1.82) is 0 Å². The lowest BCUT2D eigenvalue weighted by Gasteiger charge is -2.45. The molecule has 2 N–H and O–H groups in total. The summed E-state index contributed by atoms with van der Waals surface area (Å²) in [6.45, 7) is 4.42. The van der Waals surface area contributed by atoms with Gasteiger partial charge in [0.1, 0.15) is 5.75 Å². The molecule has 2 aromatic carbocycles. The molecule has 3 aliphatic heterocycles. The quantitative estimate of drug-likeness (QED) is 0.390. The van der Waals surface area contributed by atoms with Crippen LogP contribution in [0.1, 0.15) is 79.8 Å². The summed E-state index contributed by atoms with van der Waals surface area (Å²) in [5.41, 5.74) is 3.31. The number of rotatable bonds is 2. The maximum atomic E-state index is 13.9. The molecule has 2 fully saturated rings. The number of aryl methyl sites for hydroxylation is 1. The van der Waals surface area contributed by atoms with Crippen LogP contribution in [0, 0.1) is 17.8 Å². The topological polar surface area (TPSA) is 105 Å². The van der Waals surface area contributed by atoms with E-state index in [4.69, 9.17) is 21.1 Å². The van der Waals surface area contributed by atoms with Gasteiger partial charge in [0.05, 0.1) is 29.8 Å². The lowest BCUT2D eigenvalue weighted by atomic mass is 9.68. The van der Waals surface area contributed by atoms with Crippen LogP contribution in [-0.2, 0) is 26.6 Å². The number of ether oxygens (including phenoxy) is 2. The maximum Gasteiger partial charge on any atom is 0.264 e. The number of aliphatic hydroxyl groups is 1. The Kier molecular flexibility index (Phi) is 8.89. The van der Waals surface area contributed by atoms with E-state index in [2.05, 4.69) is 21.8 Å². The molecule has 0 unspecified atom stereocenters.